The van der Waals surface area contributed by atoms with E-state index in [1.807, 2.05) is 19.1 Å². The lowest BCUT2D eigenvalue weighted by molar-refractivity contribution is -0.143. The standard InChI is InChI=1S/C14H17N3O3/c1-8-6-5-7-10-15-9(2)11(17(8)10)12(18)16-14(3,4)13(19)20/h5-7H,1-4H3,(H,16,18)(H,19,20). The molecule has 0 atom stereocenters. The van der Waals surface area contributed by atoms with E-state index in [1.165, 1.54) is 13.8 Å². The molecule has 6 nitrogen and oxygen atoms in total. The predicted octanol–water partition coefficient (Wildman–Crippen LogP) is 1.54. The number of carboxylic acids is 1. The lowest BCUT2D eigenvalue weighted by Gasteiger charge is -2.21. The van der Waals surface area contributed by atoms with Crippen molar-refractivity contribution in [1.29, 1.82) is 0 Å². The minimum absolute atomic E-state index is 0.368. The van der Waals surface area contributed by atoms with Crippen molar-refractivity contribution in [2.45, 2.75) is 33.2 Å². The zero-order valence-corrected chi connectivity index (χ0v) is 11.9. The van der Waals surface area contributed by atoms with Crippen molar-refractivity contribution >= 4 is 17.5 Å². The van der Waals surface area contributed by atoms with Gasteiger partial charge in [-0.1, -0.05) is 6.07 Å². The van der Waals surface area contributed by atoms with Crippen molar-refractivity contribution in [3.63, 3.8) is 0 Å². The molecule has 0 radical (unpaired) electrons. The van der Waals surface area contributed by atoms with Crippen LogP contribution in [-0.2, 0) is 4.79 Å². The van der Waals surface area contributed by atoms with E-state index in [4.69, 9.17) is 5.11 Å². The topological polar surface area (TPSA) is 83.7 Å². The van der Waals surface area contributed by atoms with Crippen molar-refractivity contribution < 1.29 is 14.7 Å². The molecule has 6 heteroatoms. The van der Waals surface area contributed by atoms with Crippen molar-refractivity contribution in [3.05, 3.63) is 35.3 Å². The van der Waals surface area contributed by atoms with E-state index >= 15 is 0 Å². The first kappa shape index (κ1) is 14.0. The normalized spacial score (nSPS) is 11.6. The van der Waals surface area contributed by atoms with Gasteiger partial charge in [0, 0.05) is 5.69 Å². The van der Waals surface area contributed by atoms with Crippen molar-refractivity contribution in [2.75, 3.05) is 0 Å². The van der Waals surface area contributed by atoms with Crippen molar-refractivity contribution in [2.24, 2.45) is 0 Å². The molecular weight excluding hydrogens is 258 g/mol. The molecule has 2 N–H and O–H groups in total. The Morgan fingerprint density at radius 1 is 1.30 bits per heavy atom. The Balaban J connectivity index is 2.51. The summed E-state index contributed by atoms with van der Waals surface area (Å²) in [6.45, 7) is 6.49. The molecular formula is C14H17N3O3. The Hall–Kier alpha value is -2.37. The molecule has 20 heavy (non-hydrogen) atoms. The zero-order valence-electron chi connectivity index (χ0n) is 11.9. The summed E-state index contributed by atoms with van der Waals surface area (Å²) in [4.78, 5) is 27.8. The Morgan fingerprint density at radius 2 is 1.95 bits per heavy atom. The quantitative estimate of drug-likeness (QED) is 0.890. The molecule has 0 fully saturated rings. The maximum Gasteiger partial charge on any atom is 0.328 e. The Labute approximate surface area is 116 Å². The third-order valence-corrected chi connectivity index (χ3v) is 3.19. The minimum atomic E-state index is -1.34. The first-order chi connectivity index (χ1) is 9.24. The number of amides is 1. The van der Waals surface area contributed by atoms with Gasteiger partial charge in [-0.05, 0) is 39.8 Å². The number of hydrogen-bond acceptors (Lipinski definition) is 3. The summed E-state index contributed by atoms with van der Waals surface area (Å²) < 4.78 is 1.72. The smallest absolute Gasteiger partial charge is 0.328 e. The maximum atomic E-state index is 12.4. The second-order valence-electron chi connectivity index (χ2n) is 5.29. The molecule has 1 amide bonds. The van der Waals surface area contributed by atoms with E-state index in [0.717, 1.165) is 5.69 Å². The average Bonchev–Trinajstić information content (AvgIpc) is 2.66. The summed E-state index contributed by atoms with van der Waals surface area (Å²) in [5.74, 6) is -1.54. The van der Waals surface area contributed by atoms with Crippen molar-refractivity contribution in [1.82, 2.24) is 14.7 Å². The van der Waals surface area contributed by atoms with Gasteiger partial charge in [0.25, 0.3) is 5.91 Å². The fraction of sp³-hybridized carbons (Fsp3) is 0.357. The van der Waals surface area contributed by atoms with Crippen LogP contribution in [0.4, 0.5) is 0 Å². The van der Waals surface area contributed by atoms with Gasteiger partial charge in [0.15, 0.2) is 0 Å². The van der Waals surface area contributed by atoms with Crippen LogP contribution in [0, 0.1) is 13.8 Å². The van der Waals surface area contributed by atoms with E-state index in [0.29, 0.717) is 17.0 Å². The van der Waals surface area contributed by atoms with Gasteiger partial charge in [-0.3, -0.25) is 9.20 Å². The number of carbonyl (C=O) groups is 2. The number of fused-ring (bicyclic) bond motifs is 1. The molecule has 2 rings (SSSR count). The number of imidazole rings is 1. The van der Waals surface area contributed by atoms with Gasteiger partial charge in [-0.25, -0.2) is 9.78 Å². The van der Waals surface area contributed by atoms with Gasteiger partial charge < -0.3 is 10.4 Å². The van der Waals surface area contributed by atoms with Gasteiger partial charge in [0.05, 0.1) is 5.69 Å². The van der Waals surface area contributed by atoms with Crippen LogP contribution in [0.5, 0.6) is 0 Å². The third-order valence-electron chi connectivity index (χ3n) is 3.19. The van der Waals surface area contributed by atoms with Crippen LogP contribution in [0.1, 0.15) is 35.7 Å². The zero-order chi connectivity index (χ0) is 15.1. The molecule has 0 aliphatic heterocycles. The molecule has 106 valence electrons. The largest absolute Gasteiger partial charge is 0.480 e. The summed E-state index contributed by atoms with van der Waals surface area (Å²) in [5, 5.41) is 11.6. The molecule has 0 aromatic carbocycles. The van der Waals surface area contributed by atoms with Gasteiger partial charge in [0.2, 0.25) is 0 Å². The van der Waals surface area contributed by atoms with Gasteiger partial charge in [-0.15, -0.1) is 0 Å². The van der Waals surface area contributed by atoms with E-state index in [2.05, 4.69) is 10.3 Å². The lowest BCUT2D eigenvalue weighted by atomic mass is 10.1. The highest BCUT2D eigenvalue weighted by Gasteiger charge is 2.31. The SMILES string of the molecule is Cc1nc2cccc(C)n2c1C(=O)NC(C)(C)C(=O)O. The number of aryl methyl sites for hydroxylation is 2. The first-order valence-electron chi connectivity index (χ1n) is 6.24. The number of pyridine rings is 1. The van der Waals surface area contributed by atoms with Crippen LogP contribution < -0.4 is 5.32 Å². The van der Waals surface area contributed by atoms with Gasteiger partial charge >= 0.3 is 5.97 Å². The van der Waals surface area contributed by atoms with Crippen LogP contribution in [0.15, 0.2) is 18.2 Å². The number of aliphatic carboxylic acids is 1. The van der Waals surface area contributed by atoms with Gasteiger partial charge in [-0.2, -0.15) is 0 Å². The van der Waals surface area contributed by atoms with E-state index in [1.54, 1.807) is 17.4 Å². The molecule has 0 saturated carbocycles. The van der Waals surface area contributed by atoms with E-state index in [-0.39, 0.29) is 0 Å². The molecule has 0 bridgehead atoms. The summed E-state index contributed by atoms with van der Waals surface area (Å²) in [7, 11) is 0. The highest BCUT2D eigenvalue weighted by molar-refractivity contribution is 5.98. The minimum Gasteiger partial charge on any atom is -0.480 e. The summed E-state index contributed by atoms with van der Waals surface area (Å²) in [5.41, 5.74) is 1.13. The van der Waals surface area contributed by atoms with Gasteiger partial charge in [0.1, 0.15) is 16.9 Å². The number of aromatic nitrogens is 2. The fourth-order valence-electron chi connectivity index (χ4n) is 2.03. The third kappa shape index (κ3) is 2.24. The predicted molar refractivity (Wildman–Crippen MR) is 73.8 cm³/mol. The maximum absolute atomic E-state index is 12.4. The van der Waals surface area contributed by atoms with Crippen LogP contribution in [-0.4, -0.2) is 31.9 Å². The fourth-order valence-corrected chi connectivity index (χ4v) is 2.03. The molecule has 0 saturated heterocycles. The second kappa shape index (κ2) is 4.63. The summed E-state index contributed by atoms with van der Waals surface area (Å²) >= 11 is 0. The van der Waals surface area contributed by atoms with E-state index in [9.17, 15) is 9.59 Å². The highest BCUT2D eigenvalue weighted by atomic mass is 16.4. The molecule has 0 aliphatic carbocycles. The lowest BCUT2D eigenvalue weighted by Crippen LogP contribution is -2.50. The summed E-state index contributed by atoms with van der Waals surface area (Å²) in [6, 6.07) is 5.53. The first-order valence-corrected chi connectivity index (χ1v) is 6.24. The van der Waals surface area contributed by atoms with Crippen LogP contribution in [0.25, 0.3) is 5.65 Å². The highest BCUT2D eigenvalue weighted by Crippen LogP contribution is 2.16. The van der Waals surface area contributed by atoms with E-state index < -0.39 is 17.4 Å². The Bertz CT molecular complexity index is 701. The molecule has 0 unspecified atom stereocenters. The monoisotopic (exact) mass is 275 g/mol. The molecule has 0 aliphatic rings. The number of nitrogens with zero attached hydrogens (tertiary/aromatic N) is 2. The molecule has 2 heterocycles. The Morgan fingerprint density at radius 3 is 2.55 bits per heavy atom. The van der Waals surface area contributed by atoms with Crippen LogP contribution >= 0.6 is 0 Å². The average molecular weight is 275 g/mol. The molecule has 0 spiro atoms. The Kier molecular flexibility index (Phi) is 3.25. The van der Waals surface area contributed by atoms with Crippen molar-refractivity contribution in [3.8, 4) is 0 Å². The summed E-state index contributed by atoms with van der Waals surface area (Å²) in [6.07, 6.45) is 0. The number of carboxylic acid groups (broad SMARTS) is 1. The van der Waals surface area contributed by atoms with Crippen LogP contribution in [0.2, 0.25) is 0 Å². The number of nitrogens with one attached hydrogen (secondary N) is 1. The van der Waals surface area contributed by atoms with Crippen LogP contribution in [0.3, 0.4) is 0 Å². The second-order valence-corrected chi connectivity index (χ2v) is 5.29. The molecule has 2 aromatic heterocycles. The molecule has 2 aromatic rings. The number of hydrogen-bond donors (Lipinski definition) is 2. The number of rotatable bonds is 3. The number of carbonyl (C=O) groups excluding carboxylic acids is 1.